The largest absolute Gasteiger partial charge is 0.496 e. The highest BCUT2D eigenvalue weighted by atomic mass is 16.5. The zero-order valence-corrected chi connectivity index (χ0v) is 11.1. The van der Waals surface area contributed by atoms with Gasteiger partial charge in [0.2, 0.25) is 5.91 Å². The fourth-order valence-electron chi connectivity index (χ4n) is 1.71. The third-order valence-electron chi connectivity index (χ3n) is 2.58. The van der Waals surface area contributed by atoms with Gasteiger partial charge in [-0.1, -0.05) is 6.07 Å². The van der Waals surface area contributed by atoms with E-state index in [-0.39, 0.29) is 12.5 Å². The Hall–Kier alpha value is -1.59. The summed E-state index contributed by atoms with van der Waals surface area (Å²) < 4.78 is 10.4. The molecule has 0 bridgehead atoms. The maximum absolute atomic E-state index is 11.6. The van der Waals surface area contributed by atoms with Crippen LogP contribution >= 0.6 is 0 Å². The lowest BCUT2D eigenvalue weighted by Gasteiger charge is -2.14. The van der Waals surface area contributed by atoms with E-state index in [1.54, 1.807) is 7.11 Å². The van der Waals surface area contributed by atoms with Gasteiger partial charge in [-0.05, 0) is 25.5 Å². The number of rotatable bonds is 6. The highest BCUT2D eigenvalue weighted by Crippen LogP contribution is 2.28. The molecule has 5 heteroatoms. The third kappa shape index (κ3) is 3.72. The Labute approximate surface area is 107 Å². The molecule has 3 N–H and O–H groups in total. The van der Waals surface area contributed by atoms with Crippen LogP contribution in [0.5, 0.6) is 5.75 Å². The molecule has 1 amide bonds. The zero-order chi connectivity index (χ0) is 13.5. The molecule has 0 unspecified atom stereocenters. The van der Waals surface area contributed by atoms with Gasteiger partial charge in [-0.3, -0.25) is 4.79 Å². The van der Waals surface area contributed by atoms with Crippen LogP contribution in [-0.4, -0.2) is 32.8 Å². The predicted molar refractivity (Wildman–Crippen MR) is 71.0 cm³/mol. The minimum Gasteiger partial charge on any atom is -0.496 e. The van der Waals surface area contributed by atoms with E-state index in [0.29, 0.717) is 13.2 Å². The molecule has 1 rings (SSSR count). The van der Waals surface area contributed by atoms with Crippen molar-refractivity contribution in [3.05, 3.63) is 23.3 Å². The number of benzene rings is 1. The fourth-order valence-corrected chi connectivity index (χ4v) is 1.71. The Balaban J connectivity index is 2.70. The van der Waals surface area contributed by atoms with Crippen LogP contribution in [0, 0.1) is 13.8 Å². The lowest BCUT2D eigenvalue weighted by Crippen LogP contribution is -2.21. The average Bonchev–Trinajstić information content (AvgIpc) is 2.34. The number of carbonyl (C=O) groups excluding carboxylic acids is 1. The van der Waals surface area contributed by atoms with Gasteiger partial charge in [-0.25, -0.2) is 0 Å². The Bertz CT molecular complexity index is 419. The first-order chi connectivity index (χ1) is 8.60. The number of nitrogens with one attached hydrogen (secondary N) is 1. The first-order valence-corrected chi connectivity index (χ1v) is 5.82. The van der Waals surface area contributed by atoms with Crippen molar-refractivity contribution in [3.8, 4) is 5.75 Å². The van der Waals surface area contributed by atoms with E-state index in [9.17, 15) is 4.79 Å². The SMILES string of the molecule is COc1c(C)ccc(NC(=O)COCCN)c1C. The third-order valence-corrected chi connectivity index (χ3v) is 2.58. The highest BCUT2D eigenvalue weighted by Gasteiger charge is 2.10. The van der Waals surface area contributed by atoms with Crippen LogP contribution in [0.2, 0.25) is 0 Å². The maximum atomic E-state index is 11.6. The van der Waals surface area contributed by atoms with E-state index in [1.165, 1.54) is 0 Å². The van der Waals surface area contributed by atoms with Crippen LogP contribution in [0.4, 0.5) is 5.69 Å². The predicted octanol–water partition coefficient (Wildman–Crippen LogP) is 1.23. The molecule has 0 saturated carbocycles. The average molecular weight is 252 g/mol. The molecule has 5 nitrogen and oxygen atoms in total. The van der Waals surface area contributed by atoms with Crippen LogP contribution in [0.15, 0.2) is 12.1 Å². The van der Waals surface area contributed by atoms with Crippen molar-refractivity contribution < 1.29 is 14.3 Å². The normalized spacial score (nSPS) is 10.2. The zero-order valence-electron chi connectivity index (χ0n) is 11.1. The molecule has 0 aliphatic rings. The molecule has 1 aromatic carbocycles. The number of hydrogen-bond acceptors (Lipinski definition) is 4. The van der Waals surface area contributed by atoms with E-state index in [0.717, 1.165) is 22.6 Å². The van der Waals surface area contributed by atoms with Crippen LogP contribution in [0.25, 0.3) is 0 Å². The van der Waals surface area contributed by atoms with Crippen molar-refractivity contribution >= 4 is 11.6 Å². The smallest absolute Gasteiger partial charge is 0.250 e. The van der Waals surface area contributed by atoms with Crippen molar-refractivity contribution in [3.63, 3.8) is 0 Å². The number of carbonyl (C=O) groups is 1. The Kier molecular flexibility index (Phi) is 5.61. The first kappa shape index (κ1) is 14.5. The number of aryl methyl sites for hydroxylation is 1. The second-order valence-electron chi connectivity index (χ2n) is 3.98. The van der Waals surface area contributed by atoms with Gasteiger partial charge in [0.1, 0.15) is 12.4 Å². The fraction of sp³-hybridized carbons (Fsp3) is 0.462. The maximum Gasteiger partial charge on any atom is 0.250 e. The lowest BCUT2D eigenvalue weighted by molar-refractivity contribution is -0.120. The van der Waals surface area contributed by atoms with Crippen molar-refractivity contribution in [2.75, 3.05) is 32.2 Å². The molecule has 0 atom stereocenters. The Morgan fingerprint density at radius 1 is 1.39 bits per heavy atom. The van der Waals surface area contributed by atoms with Gasteiger partial charge < -0.3 is 20.5 Å². The molecule has 100 valence electrons. The summed E-state index contributed by atoms with van der Waals surface area (Å²) in [5.41, 5.74) is 7.95. The number of nitrogens with two attached hydrogens (primary N) is 1. The van der Waals surface area contributed by atoms with Crippen molar-refractivity contribution in [1.29, 1.82) is 0 Å². The molecule has 1 aromatic rings. The molecule has 0 aromatic heterocycles. The molecule has 0 aliphatic carbocycles. The number of amides is 1. The van der Waals surface area contributed by atoms with E-state index < -0.39 is 0 Å². The van der Waals surface area contributed by atoms with Gasteiger partial charge in [0.05, 0.1) is 13.7 Å². The van der Waals surface area contributed by atoms with E-state index in [2.05, 4.69) is 5.32 Å². The summed E-state index contributed by atoms with van der Waals surface area (Å²) in [4.78, 5) is 11.6. The summed E-state index contributed by atoms with van der Waals surface area (Å²) in [6.07, 6.45) is 0. The first-order valence-electron chi connectivity index (χ1n) is 5.82. The van der Waals surface area contributed by atoms with Gasteiger partial charge in [0, 0.05) is 17.8 Å². The number of hydrogen-bond donors (Lipinski definition) is 2. The molecular weight excluding hydrogens is 232 g/mol. The standard InChI is InChI=1S/C13H20N2O3/c1-9-4-5-11(10(2)13(9)17-3)15-12(16)8-18-7-6-14/h4-5H,6-8,14H2,1-3H3,(H,15,16). The number of methoxy groups -OCH3 is 1. The molecule has 0 aliphatic heterocycles. The van der Waals surface area contributed by atoms with E-state index >= 15 is 0 Å². The van der Waals surface area contributed by atoms with Crippen LogP contribution < -0.4 is 15.8 Å². The Morgan fingerprint density at radius 2 is 2.11 bits per heavy atom. The van der Waals surface area contributed by atoms with E-state index in [1.807, 2.05) is 26.0 Å². The minimum atomic E-state index is -0.197. The summed E-state index contributed by atoms with van der Waals surface area (Å²) in [7, 11) is 1.62. The monoisotopic (exact) mass is 252 g/mol. The van der Waals surface area contributed by atoms with Crippen molar-refractivity contribution in [2.24, 2.45) is 5.73 Å². The van der Waals surface area contributed by atoms with Gasteiger partial charge in [0.25, 0.3) is 0 Å². The second-order valence-corrected chi connectivity index (χ2v) is 3.98. The molecule has 0 heterocycles. The van der Waals surface area contributed by atoms with Crippen LogP contribution in [0.3, 0.4) is 0 Å². The summed E-state index contributed by atoms with van der Waals surface area (Å²) in [6, 6.07) is 3.76. The molecule has 18 heavy (non-hydrogen) atoms. The Morgan fingerprint density at radius 3 is 2.72 bits per heavy atom. The van der Waals surface area contributed by atoms with Gasteiger partial charge in [-0.15, -0.1) is 0 Å². The summed E-state index contributed by atoms with van der Waals surface area (Å²) in [6.45, 7) is 4.66. The topological polar surface area (TPSA) is 73.6 Å². The highest BCUT2D eigenvalue weighted by molar-refractivity contribution is 5.92. The van der Waals surface area contributed by atoms with Crippen LogP contribution in [-0.2, 0) is 9.53 Å². The van der Waals surface area contributed by atoms with Gasteiger partial charge >= 0.3 is 0 Å². The molecular formula is C13H20N2O3. The number of ether oxygens (including phenoxy) is 2. The molecule has 0 fully saturated rings. The van der Waals surface area contributed by atoms with Crippen molar-refractivity contribution in [1.82, 2.24) is 0 Å². The van der Waals surface area contributed by atoms with Gasteiger partial charge in [0.15, 0.2) is 0 Å². The summed E-state index contributed by atoms with van der Waals surface area (Å²) in [5.74, 6) is 0.591. The molecule has 0 radical (unpaired) electrons. The van der Waals surface area contributed by atoms with Crippen molar-refractivity contribution in [2.45, 2.75) is 13.8 Å². The summed E-state index contributed by atoms with van der Waals surface area (Å²) >= 11 is 0. The minimum absolute atomic E-state index is 0.00678. The van der Waals surface area contributed by atoms with Crippen LogP contribution in [0.1, 0.15) is 11.1 Å². The molecule has 0 spiro atoms. The quantitative estimate of drug-likeness (QED) is 0.747. The number of anilines is 1. The van der Waals surface area contributed by atoms with Gasteiger partial charge in [-0.2, -0.15) is 0 Å². The second kappa shape index (κ2) is 6.98. The summed E-state index contributed by atoms with van der Waals surface area (Å²) in [5, 5.41) is 2.79. The lowest BCUT2D eigenvalue weighted by atomic mass is 10.1. The molecule has 0 saturated heterocycles. The van der Waals surface area contributed by atoms with E-state index in [4.69, 9.17) is 15.2 Å².